The highest BCUT2D eigenvalue weighted by atomic mass is 15.4. The molecule has 1 heterocycles. The summed E-state index contributed by atoms with van der Waals surface area (Å²) in [6.07, 6.45) is 0. The molecular weight excluding hydrogens is 238 g/mol. The molecule has 1 aromatic heterocycles. The van der Waals surface area contributed by atoms with Crippen molar-refractivity contribution in [1.29, 1.82) is 5.41 Å². The van der Waals surface area contributed by atoms with Crippen LogP contribution in [0.5, 0.6) is 0 Å². The Labute approximate surface area is 110 Å². The third-order valence-corrected chi connectivity index (χ3v) is 3.02. The minimum Gasteiger partial charge on any atom is -0.384 e. The molecule has 0 aliphatic carbocycles. The quantitative estimate of drug-likeness (QED) is 0.550. The third-order valence-electron chi connectivity index (χ3n) is 3.02. The molecule has 3 N–H and O–H groups in total. The van der Waals surface area contributed by atoms with Gasteiger partial charge >= 0.3 is 0 Å². The highest BCUT2D eigenvalue weighted by Gasteiger charge is 2.04. The molecule has 0 saturated heterocycles. The molecule has 0 radical (unpaired) electrons. The molecule has 0 saturated carbocycles. The first-order valence-electron chi connectivity index (χ1n) is 5.95. The molecule has 0 amide bonds. The van der Waals surface area contributed by atoms with Crippen LogP contribution in [-0.2, 0) is 6.54 Å². The minimum atomic E-state index is 0.0813. The highest BCUT2D eigenvalue weighted by Crippen LogP contribution is 2.12. The summed E-state index contributed by atoms with van der Waals surface area (Å²) in [5.41, 5.74) is 9.16. The fraction of sp³-hybridized carbons (Fsp3) is 0.0714. The van der Waals surface area contributed by atoms with Crippen LogP contribution in [0.15, 0.2) is 48.5 Å². The van der Waals surface area contributed by atoms with E-state index in [-0.39, 0.29) is 5.84 Å². The summed E-state index contributed by atoms with van der Waals surface area (Å²) in [6.45, 7) is 0.651. The Balaban J connectivity index is 1.90. The van der Waals surface area contributed by atoms with Crippen LogP contribution >= 0.6 is 0 Å². The zero-order chi connectivity index (χ0) is 13.2. The van der Waals surface area contributed by atoms with Crippen molar-refractivity contribution in [3.63, 3.8) is 0 Å². The van der Waals surface area contributed by atoms with Gasteiger partial charge in [0.25, 0.3) is 0 Å². The lowest BCUT2D eigenvalue weighted by Crippen LogP contribution is -2.11. The monoisotopic (exact) mass is 251 g/mol. The molecule has 0 aliphatic heterocycles. The number of hydrogen-bond acceptors (Lipinski definition) is 3. The summed E-state index contributed by atoms with van der Waals surface area (Å²) in [6, 6.07) is 15.5. The second-order valence-corrected chi connectivity index (χ2v) is 4.35. The van der Waals surface area contributed by atoms with Crippen molar-refractivity contribution in [2.24, 2.45) is 5.73 Å². The number of fused-ring (bicyclic) bond motifs is 1. The van der Waals surface area contributed by atoms with Crippen molar-refractivity contribution in [2.75, 3.05) is 0 Å². The first-order valence-corrected chi connectivity index (χ1v) is 5.95. The number of benzene rings is 2. The fourth-order valence-corrected chi connectivity index (χ4v) is 2.00. The summed E-state index contributed by atoms with van der Waals surface area (Å²) < 4.78 is 1.86. The van der Waals surface area contributed by atoms with Crippen LogP contribution in [0.4, 0.5) is 0 Å². The van der Waals surface area contributed by atoms with Gasteiger partial charge in [0.05, 0.1) is 12.1 Å². The lowest BCUT2D eigenvalue weighted by Gasteiger charge is -2.04. The van der Waals surface area contributed by atoms with Crippen LogP contribution in [0.25, 0.3) is 11.0 Å². The smallest absolute Gasteiger partial charge is 0.122 e. The molecule has 0 unspecified atom stereocenters. The van der Waals surface area contributed by atoms with Crippen molar-refractivity contribution in [3.8, 4) is 0 Å². The van der Waals surface area contributed by atoms with Gasteiger partial charge in [-0.2, -0.15) is 0 Å². The Hall–Kier alpha value is -2.69. The van der Waals surface area contributed by atoms with Gasteiger partial charge in [-0.1, -0.05) is 41.6 Å². The predicted octanol–water partition coefficient (Wildman–Crippen LogP) is 1.76. The van der Waals surface area contributed by atoms with Crippen molar-refractivity contribution < 1.29 is 0 Å². The summed E-state index contributed by atoms with van der Waals surface area (Å²) in [5.74, 6) is 0.0813. The molecule has 0 atom stereocenters. The first kappa shape index (κ1) is 11.4. The maximum Gasteiger partial charge on any atom is 0.122 e. The number of nitrogens with zero attached hydrogens (tertiary/aromatic N) is 3. The van der Waals surface area contributed by atoms with E-state index in [1.54, 1.807) is 0 Å². The predicted molar refractivity (Wildman–Crippen MR) is 74.1 cm³/mol. The number of para-hydroxylation sites is 1. The van der Waals surface area contributed by atoms with Gasteiger partial charge in [-0.05, 0) is 17.7 Å². The number of nitrogens with one attached hydrogen (secondary N) is 1. The Morgan fingerprint density at radius 1 is 1.11 bits per heavy atom. The average Bonchev–Trinajstić information content (AvgIpc) is 2.83. The van der Waals surface area contributed by atoms with E-state index < -0.39 is 0 Å². The van der Waals surface area contributed by atoms with E-state index in [1.165, 1.54) is 0 Å². The Kier molecular flexibility index (Phi) is 2.72. The summed E-state index contributed by atoms with van der Waals surface area (Å²) in [5, 5.41) is 15.6. The largest absolute Gasteiger partial charge is 0.384 e. The maximum atomic E-state index is 7.36. The summed E-state index contributed by atoms with van der Waals surface area (Å²) >= 11 is 0. The maximum absolute atomic E-state index is 7.36. The summed E-state index contributed by atoms with van der Waals surface area (Å²) in [4.78, 5) is 0. The van der Waals surface area contributed by atoms with E-state index in [1.807, 2.05) is 53.2 Å². The van der Waals surface area contributed by atoms with Crippen LogP contribution in [-0.4, -0.2) is 20.8 Å². The lowest BCUT2D eigenvalue weighted by atomic mass is 10.1. The molecule has 0 aliphatic rings. The molecule has 0 bridgehead atoms. The number of rotatable bonds is 3. The zero-order valence-corrected chi connectivity index (χ0v) is 10.2. The topological polar surface area (TPSA) is 80.6 Å². The molecule has 5 nitrogen and oxygen atoms in total. The third kappa shape index (κ3) is 2.18. The average molecular weight is 251 g/mol. The van der Waals surface area contributed by atoms with Gasteiger partial charge in [-0.25, -0.2) is 4.68 Å². The molecule has 3 aromatic rings. The number of nitrogen functional groups attached to an aromatic ring is 1. The van der Waals surface area contributed by atoms with E-state index in [2.05, 4.69) is 10.3 Å². The molecule has 3 rings (SSSR count). The molecule has 94 valence electrons. The van der Waals surface area contributed by atoms with Gasteiger partial charge < -0.3 is 5.73 Å². The van der Waals surface area contributed by atoms with Gasteiger partial charge in [0.1, 0.15) is 11.4 Å². The first-order chi connectivity index (χ1) is 9.24. The van der Waals surface area contributed by atoms with Crippen LogP contribution in [0.2, 0.25) is 0 Å². The Morgan fingerprint density at radius 2 is 1.84 bits per heavy atom. The standard InChI is InChI=1S/C14H13N5/c15-14(16)11-7-5-10(6-8-11)9-19-13-4-2-1-3-12(13)17-18-19/h1-8H,9H2,(H3,15,16). The Morgan fingerprint density at radius 3 is 2.58 bits per heavy atom. The molecular formula is C14H13N5. The normalized spacial score (nSPS) is 10.7. The van der Waals surface area contributed by atoms with Crippen molar-refractivity contribution in [3.05, 3.63) is 59.7 Å². The SMILES string of the molecule is N=C(N)c1ccc(Cn2nnc3ccccc32)cc1. The van der Waals surface area contributed by atoms with E-state index in [4.69, 9.17) is 11.1 Å². The van der Waals surface area contributed by atoms with Crippen LogP contribution in [0.3, 0.4) is 0 Å². The second-order valence-electron chi connectivity index (χ2n) is 4.35. The highest BCUT2D eigenvalue weighted by molar-refractivity contribution is 5.94. The van der Waals surface area contributed by atoms with Gasteiger partial charge in [0.2, 0.25) is 0 Å². The van der Waals surface area contributed by atoms with Gasteiger partial charge in [0.15, 0.2) is 0 Å². The van der Waals surface area contributed by atoms with Crippen LogP contribution in [0, 0.1) is 5.41 Å². The van der Waals surface area contributed by atoms with Crippen molar-refractivity contribution in [1.82, 2.24) is 15.0 Å². The lowest BCUT2D eigenvalue weighted by molar-refractivity contribution is 0.670. The van der Waals surface area contributed by atoms with E-state index in [9.17, 15) is 0 Å². The van der Waals surface area contributed by atoms with E-state index >= 15 is 0 Å². The van der Waals surface area contributed by atoms with Crippen molar-refractivity contribution in [2.45, 2.75) is 6.54 Å². The van der Waals surface area contributed by atoms with Crippen LogP contribution in [0.1, 0.15) is 11.1 Å². The number of nitrogens with two attached hydrogens (primary N) is 1. The van der Waals surface area contributed by atoms with Gasteiger partial charge in [0, 0.05) is 5.56 Å². The molecule has 0 fully saturated rings. The van der Waals surface area contributed by atoms with Gasteiger partial charge in [-0.3, -0.25) is 5.41 Å². The van der Waals surface area contributed by atoms with E-state index in [0.717, 1.165) is 22.2 Å². The molecule has 2 aromatic carbocycles. The number of hydrogen-bond donors (Lipinski definition) is 2. The van der Waals surface area contributed by atoms with Gasteiger partial charge in [-0.15, -0.1) is 5.10 Å². The minimum absolute atomic E-state index is 0.0813. The number of amidine groups is 1. The molecule has 0 spiro atoms. The molecule has 19 heavy (non-hydrogen) atoms. The Bertz CT molecular complexity index is 727. The molecule has 5 heteroatoms. The zero-order valence-electron chi connectivity index (χ0n) is 10.2. The fourth-order valence-electron chi connectivity index (χ4n) is 2.00. The number of aromatic nitrogens is 3. The van der Waals surface area contributed by atoms with E-state index in [0.29, 0.717) is 6.54 Å². The second kappa shape index (κ2) is 4.53. The van der Waals surface area contributed by atoms with Crippen LogP contribution < -0.4 is 5.73 Å². The summed E-state index contributed by atoms with van der Waals surface area (Å²) in [7, 11) is 0. The van der Waals surface area contributed by atoms with Crippen molar-refractivity contribution >= 4 is 16.9 Å².